The number of aromatic nitrogens is 4. The van der Waals surface area contributed by atoms with Gasteiger partial charge in [-0.15, -0.1) is 0 Å². The molecule has 0 atom stereocenters. The normalized spacial score (nSPS) is 10.4. The molecule has 0 aliphatic heterocycles. The van der Waals surface area contributed by atoms with Gasteiger partial charge >= 0.3 is 0 Å². The molecule has 2 aromatic rings. The molecule has 0 saturated carbocycles. The zero-order chi connectivity index (χ0) is 13.0. The Kier molecular flexibility index (Phi) is 3.95. The van der Waals surface area contributed by atoms with E-state index in [1.807, 2.05) is 6.26 Å². The van der Waals surface area contributed by atoms with E-state index in [0.717, 1.165) is 0 Å². The lowest BCUT2D eigenvalue weighted by Crippen LogP contribution is -2.11. The maximum Gasteiger partial charge on any atom is 0.223 e. The van der Waals surface area contributed by atoms with Crippen molar-refractivity contribution in [2.75, 3.05) is 17.0 Å². The van der Waals surface area contributed by atoms with Crippen LogP contribution in [0.1, 0.15) is 11.7 Å². The number of aryl methyl sites for hydroxylation is 1. The standard InChI is InChI=1S/C9H13N7OS/c1-5-12-8(16-17-5)4-11-6-3-7(15-10)14-9(13-6)18-2/h3H,4,10H2,1-2H3,(H2,11,13,14,15). The molecule has 0 aliphatic rings. The second-order valence-electron chi connectivity index (χ2n) is 3.35. The van der Waals surface area contributed by atoms with Gasteiger partial charge in [-0.3, -0.25) is 0 Å². The van der Waals surface area contributed by atoms with Crippen molar-refractivity contribution < 1.29 is 4.52 Å². The van der Waals surface area contributed by atoms with Gasteiger partial charge in [-0.05, 0) is 6.26 Å². The molecule has 0 spiro atoms. The zero-order valence-corrected chi connectivity index (χ0v) is 10.8. The van der Waals surface area contributed by atoms with Crippen molar-refractivity contribution in [3.8, 4) is 0 Å². The highest BCUT2D eigenvalue weighted by Crippen LogP contribution is 2.16. The van der Waals surface area contributed by atoms with Crippen LogP contribution in [0, 0.1) is 6.92 Å². The maximum atomic E-state index is 5.34. The summed E-state index contributed by atoms with van der Waals surface area (Å²) >= 11 is 1.43. The predicted molar refractivity (Wildman–Crippen MR) is 68.0 cm³/mol. The number of hydrogen-bond acceptors (Lipinski definition) is 9. The molecule has 9 heteroatoms. The number of nitrogen functional groups attached to an aromatic ring is 1. The molecular weight excluding hydrogens is 254 g/mol. The molecule has 2 aromatic heterocycles. The van der Waals surface area contributed by atoms with Gasteiger partial charge in [-0.1, -0.05) is 16.9 Å². The van der Waals surface area contributed by atoms with E-state index >= 15 is 0 Å². The van der Waals surface area contributed by atoms with Crippen LogP contribution < -0.4 is 16.6 Å². The third-order valence-electron chi connectivity index (χ3n) is 2.03. The van der Waals surface area contributed by atoms with Crippen LogP contribution in [0.4, 0.5) is 11.6 Å². The predicted octanol–water partition coefficient (Wildman–Crippen LogP) is 0.788. The molecule has 2 rings (SSSR count). The van der Waals surface area contributed by atoms with Crippen molar-refractivity contribution >= 4 is 23.4 Å². The quantitative estimate of drug-likeness (QED) is 0.313. The number of nitrogens with zero attached hydrogens (tertiary/aromatic N) is 4. The van der Waals surface area contributed by atoms with Gasteiger partial charge in [0.2, 0.25) is 5.89 Å². The van der Waals surface area contributed by atoms with Gasteiger partial charge in [0.15, 0.2) is 11.0 Å². The minimum Gasteiger partial charge on any atom is -0.362 e. The molecule has 0 radical (unpaired) electrons. The lowest BCUT2D eigenvalue weighted by atomic mass is 10.5. The fourth-order valence-electron chi connectivity index (χ4n) is 1.26. The Morgan fingerprint density at radius 3 is 2.72 bits per heavy atom. The summed E-state index contributed by atoms with van der Waals surface area (Å²) in [5, 5.41) is 7.48. The van der Waals surface area contributed by atoms with E-state index in [4.69, 9.17) is 10.4 Å². The molecule has 0 saturated heterocycles. The van der Waals surface area contributed by atoms with Crippen molar-refractivity contribution in [3.63, 3.8) is 0 Å². The lowest BCUT2D eigenvalue weighted by molar-refractivity contribution is 0.388. The number of nitrogens with two attached hydrogens (primary N) is 1. The molecule has 4 N–H and O–H groups in total. The van der Waals surface area contributed by atoms with Gasteiger partial charge in [0.05, 0.1) is 6.54 Å². The third kappa shape index (κ3) is 3.08. The van der Waals surface area contributed by atoms with Gasteiger partial charge in [0.25, 0.3) is 0 Å². The van der Waals surface area contributed by atoms with E-state index in [2.05, 4.69) is 30.9 Å². The average molecular weight is 267 g/mol. The van der Waals surface area contributed by atoms with Crippen molar-refractivity contribution in [3.05, 3.63) is 17.8 Å². The molecule has 0 aromatic carbocycles. The van der Waals surface area contributed by atoms with E-state index in [-0.39, 0.29) is 0 Å². The Morgan fingerprint density at radius 1 is 1.33 bits per heavy atom. The van der Waals surface area contributed by atoms with Crippen LogP contribution in [-0.4, -0.2) is 26.4 Å². The Labute approximate surface area is 108 Å². The monoisotopic (exact) mass is 267 g/mol. The second kappa shape index (κ2) is 5.65. The van der Waals surface area contributed by atoms with Crippen LogP contribution in [0.25, 0.3) is 0 Å². The topological polar surface area (TPSA) is 115 Å². The van der Waals surface area contributed by atoms with E-state index < -0.39 is 0 Å². The first-order valence-electron chi connectivity index (χ1n) is 5.14. The van der Waals surface area contributed by atoms with Crippen molar-refractivity contribution in [1.82, 2.24) is 20.1 Å². The summed E-state index contributed by atoms with van der Waals surface area (Å²) in [6, 6.07) is 1.70. The number of thioether (sulfide) groups is 1. The summed E-state index contributed by atoms with van der Waals surface area (Å²) in [5.41, 5.74) is 2.49. The first kappa shape index (κ1) is 12.6. The number of anilines is 2. The first-order chi connectivity index (χ1) is 8.71. The highest BCUT2D eigenvalue weighted by atomic mass is 32.2. The van der Waals surface area contributed by atoms with Gasteiger partial charge in [-0.2, -0.15) is 4.98 Å². The molecule has 0 unspecified atom stereocenters. The van der Waals surface area contributed by atoms with Crippen LogP contribution in [-0.2, 0) is 6.54 Å². The second-order valence-corrected chi connectivity index (χ2v) is 4.13. The van der Waals surface area contributed by atoms with Crippen LogP contribution in [0.5, 0.6) is 0 Å². The minimum atomic E-state index is 0.423. The van der Waals surface area contributed by atoms with Crippen LogP contribution in [0.2, 0.25) is 0 Å². The molecule has 0 amide bonds. The van der Waals surface area contributed by atoms with Crippen LogP contribution >= 0.6 is 11.8 Å². The average Bonchev–Trinajstić information content (AvgIpc) is 2.81. The third-order valence-corrected chi connectivity index (χ3v) is 2.58. The molecule has 0 aliphatic carbocycles. The highest BCUT2D eigenvalue weighted by Gasteiger charge is 2.05. The summed E-state index contributed by atoms with van der Waals surface area (Å²) < 4.78 is 4.87. The van der Waals surface area contributed by atoms with Gasteiger partial charge in [0, 0.05) is 13.0 Å². The molecule has 2 heterocycles. The smallest absolute Gasteiger partial charge is 0.223 e. The minimum absolute atomic E-state index is 0.423. The number of hydrogen-bond donors (Lipinski definition) is 3. The Morgan fingerprint density at radius 2 is 2.11 bits per heavy atom. The SMILES string of the molecule is CSc1nc(NN)cc(NCc2noc(C)n2)n1. The fraction of sp³-hybridized carbons (Fsp3) is 0.333. The lowest BCUT2D eigenvalue weighted by Gasteiger charge is -2.06. The molecule has 8 nitrogen and oxygen atoms in total. The molecule has 0 bridgehead atoms. The van der Waals surface area contributed by atoms with E-state index in [1.165, 1.54) is 11.8 Å². The molecule has 18 heavy (non-hydrogen) atoms. The van der Waals surface area contributed by atoms with Crippen molar-refractivity contribution in [2.24, 2.45) is 5.84 Å². The van der Waals surface area contributed by atoms with Crippen LogP contribution in [0.3, 0.4) is 0 Å². The summed E-state index contributed by atoms with van der Waals surface area (Å²) in [6.45, 7) is 2.16. The van der Waals surface area contributed by atoms with E-state index in [1.54, 1.807) is 13.0 Å². The Bertz CT molecular complexity index is 507. The fourth-order valence-corrected chi connectivity index (χ4v) is 1.64. The van der Waals surface area contributed by atoms with Gasteiger partial charge < -0.3 is 15.3 Å². The van der Waals surface area contributed by atoms with Gasteiger partial charge in [0.1, 0.15) is 11.6 Å². The van der Waals surface area contributed by atoms with Crippen molar-refractivity contribution in [2.45, 2.75) is 18.6 Å². The Balaban J connectivity index is 2.08. The maximum absolute atomic E-state index is 5.34. The summed E-state index contributed by atoms with van der Waals surface area (Å²) in [5.74, 6) is 7.62. The summed E-state index contributed by atoms with van der Waals surface area (Å²) in [7, 11) is 0. The van der Waals surface area contributed by atoms with E-state index in [0.29, 0.717) is 35.1 Å². The summed E-state index contributed by atoms with van der Waals surface area (Å²) in [4.78, 5) is 12.5. The largest absolute Gasteiger partial charge is 0.362 e. The Hall–Kier alpha value is -1.87. The van der Waals surface area contributed by atoms with Crippen molar-refractivity contribution in [1.29, 1.82) is 0 Å². The molecule has 0 fully saturated rings. The number of rotatable bonds is 5. The van der Waals surface area contributed by atoms with E-state index in [9.17, 15) is 0 Å². The zero-order valence-electron chi connectivity index (χ0n) is 9.97. The molecule has 96 valence electrons. The number of hydrazine groups is 1. The highest BCUT2D eigenvalue weighted by molar-refractivity contribution is 7.98. The summed E-state index contributed by atoms with van der Waals surface area (Å²) in [6.07, 6.45) is 1.89. The van der Waals surface area contributed by atoms with Gasteiger partial charge in [-0.25, -0.2) is 15.8 Å². The first-order valence-corrected chi connectivity index (χ1v) is 6.36. The number of nitrogens with one attached hydrogen (secondary N) is 2. The van der Waals surface area contributed by atoms with Crippen LogP contribution in [0.15, 0.2) is 15.7 Å². The molecular formula is C9H13N7OS.